The van der Waals surface area contributed by atoms with Gasteiger partial charge in [-0.3, -0.25) is 11.3 Å². The molecule has 0 bridgehead atoms. The first-order valence-corrected chi connectivity index (χ1v) is 7.17. The molecule has 2 rings (SSSR count). The highest BCUT2D eigenvalue weighted by atomic mass is 127. The van der Waals surface area contributed by atoms with Crippen LogP contribution in [0.15, 0.2) is 24.3 Å². The van der Waals surface area contributed by atoms with Crippen LogP contribution in [0.5, 0.6) is 0 Å². The van der Waals surface area contributed by atoms with Crippen molar-refractivity contribution < 1.29 is 4.74 Å². The Hall–Kier alpha value is -0.170. The highest BCUT2D eigenvalue weighted by Gasteiger charge is 2.19. The Bertz CT molecular complexity index is 336. The smallest absolute Gasteiger partial charge is 0.0468 e. The van der Waals surface area contributed by atoms with Crippen LogP contribution in [0.2, 0.25) is 0 Å². The maximum absolute atomic E-state index is 5.68. The molecule has 1 fully saturated rings. The molecule has 0 amide bonds. The maximum atomic E-state index is 5.68. The second-order valence-electron chi connectivity index (χ2n) is 4.56. The van der Waals surface area contributed by atoms with Gasteiger partial charge in [-0.15, -0.1) is 0 Å². The summed E-state index contributed by atoms with van der Waals surface area (Å²) < 4.78 is 6.64. The molecule has 0 radical (unpaired) electrons. The molecule has 1 saturated heterocycles. The number of rotatable bonds is 4. The molecule has 0 spiro atoms. The minimum absolute atomic E-state index is 0.259. The molecule has 1 atom stereocenters. The molecule has 0 aliphatic carbocycles. The SMILES string of the molecule is NNC(CC1CCOCC1)c1ccc(I)cc1. The van der Waals surface area contributed by atoms with E-state index in [-0.39, 0.29) is 6.04 Å². The largest absolute Gasteiger partial charge is 0.381 e. The number of ether oxygens (including phenoxy) is 1. The highest BCUT2D eigenvalue weighted by Crippen LogP contribution is 2.27. The average Bonchev–Trinajstić information content (AvgIpc) is 2.38. The molecular weight excluding hydrogens is 327 g/mol. The zero-order valence-corrected chi connectivity index (χ0v) is 12.0. The quantitative estimate of drug-likeness (QED) is 0.501. The lowest BCUT2D eigenvalue weighted by Crippen LogP contribution is -2.31. The summed E-state index contributed by atoms with van der Waals surface area (Å²) in [5.74, 6) is 6.40. The summed E-state index contributed by atoms with van der Waals surface area (Å²) in [7, 11) is 0. The predicted octanol–water partition coefficient (Wildman–Crippen LogP) is 2.61. The van der Waals surface area contributed by atoms with Crippen molar-refractivity contribution in [2.24, 2.45) is 11.8 Å². The maximum Gasteiger partial charge on any atom is 0.0468 e. The Kier molecular flexibility index (Phi) is 5.21. The molecule has 0 saturated carbocycles. The van der Waals surface area contributed by atoms with Gasteiger partial charge in [-0.2, -0.15) is 0 Å². The number of hydrazine groups is 1. The zero-order valence-electron chi connectivity index (χ0n) is 9.86. The van der Waals surface area contributed by atoms with E-state index in [1.807, 2.05) is 0 Å². The Morgan fingerprint density at radius 1 is 1.29 bits per heavy atom. The summed E-state index contributed by atoms with van der Waals surface area (Å²) in [5.41, 5.74) is 4.22. The Balaban J connectivity index is 1.97. The van der Waals surface area contributed by atoms with Gasteiger partial charge in [0, 0.05) is 22.8 Å². The monoisotopic (exact) mass is 346 g/mol. The lowest BCUT2D eigenvalue weighted by molar-refractivity contribution is 0.0605. The van der Waals surface area contributed by atoms with Crippen LogP contribution < -0.4 is 11.3 Å². The molecule has 94 valence electrons. The zero-order chi connectivity index (χ0) is 12.1. The van der Waals surface area contributed by atoms with Gasteiger partial charge in [-0.05, 0) is 65.5 Å². The third kappa shape index (κ3) is 3.91. The van der Waals surface area contributed by atoms with Gasteiger partial charge in [-0.1, -0.05) is 12.1 Å². The van der Waals surface area contributed by atoms with Gasteiger partial charge in [0.15, 0.2) is 0 Å². The molecule has 1 aromatic carbocycles. The normalized spacial score (nSPS) is 19.2. The van der Waals surface area contributed by atoms with Gasteiger partial charge in [-0.25, -0.2) is 0 Å². The fourth-order valence-corrected chi connectivity index (χ4v) is 2.67. The summed E-state index contributed by atoms with van der Waals surface area (Å²) in [6.45, 7) is 1.79. The molecule has 4 heteroatoms. The Morgan fingerprint density at radius 3 is 2.53 bits per heavy atom. The van der Waals surface area contributed by atoms with Crippen molar-refractivity contribution >= 4 is 22.6 Å². The fraction of sp³-hybridized carbons (Fsp3) is 0.538. The van der Waals surface area contributed by atoms with Gasteiger partial charge in [0.25, 0.3) is 0 Å². The summed E-state index contributed by atoms with van der Waals surface area (Å²) >= 11 is 2.32. The molecule has 0 aromatic heterocycles. The van der Waals surface area contributed by atoms with Crippen LogP contribution in [0.25, 0.3) is 0 Å². The topological polar surface area (TPSA) is 47.3 Å². The first kappa shape index (κ1) is 13.3. The van der Waals surface area contributed by atoms with Crippen LogP contribution in [0.4, 0.5) is 0 Å². The molecule has 1 unspecified atom stereocenters. The minimum Gasteiger partial charge on any atom is -0.381 e. The Morgan fingerprint density at radius 2 is 1.94 bits per heavy atom. The molecule has 3 N–H and O–H groups in total. The highest BCUT2D eigenvalue weighted by molar-refractivity contribution is 14.1. The average molecular weight is 346 g/mol. The first-order chi connectivity index (χ1) is 8.29. The van der Waals surface area contributed by atoms with Crippen LogP contribution in [-0.2, 0) is 4.74 Å². The van der Waals surface area contributed by atoms with Crippen LogP contribution in [0, 0.1) is 9.49 Å². The number of halogens is 1. The van der Waals surface area contributed by atoms with Crippen molar-refractivity contribution in [3.63, 3.8) is 0 Å². The van der Waals surface area contributed by atoms with Gasteiger partial charge < -0.3 is 4.74 Å². The number of nitrogens with two attached hydrogens (primary N) is 1. The van der Waals surface area contributed by atoms with Gasteiger partial charge in [0.2, 0.25) is 0 Å². The van der Waals surface area contributed by atoms with Crippen LogP contribution in [0.1, 0.15) is 30.9 Å². The van der Waals surface area contributed by atoms with E-state index in [1.165, 1.54) is 9.13 Å². The van der Waals surface area contributed by atoms with E-state index in [0.717, 1.165) is 38.4 Å². The fourth-order valence-electron chi connectivity index (χ4n) is 2.31. The number of hydrogen-bond acceptors (Lipinski definition) is 3. The van der Waals surface area contributed by atoms with Gasteiger partial charge in [0.1, 0.15) is 0 Å². The Labute approximate surface area is 116 Å². The molecule has 17 heavy (non-hydrogen) atoms. The van der Waals surface area contributed by atoms with Crippen LogP contribution >= 0.6 is 22.6 Å². The van der Waals surface area contributed by atoms with E-state index in [9.17, 15) is 0 Å². The molecule has 1 aromatic rings. The van der Waals surface area contributed by atoms with E-state index < -0.39 is 0 Å². The van der Waals surface area contributed by atoms with E-state index in [0.29, 0.717) is 0 Å². The molecule has 1 heterocycles. The third-order valence-electron chi connectivity index (χ3n) is 3.38. The van der Waals surface area contributed by atoms with E-state index in [1.54, 1.807) is 0 Å². The van der Waals surface area contributed by atoms with Crippen molar-refractivity contribution in [3.8, 4) is 0 Å². The summed E-state index contributed by atoms with van der Waals surface area (Å²) in [6.07, 6.45) is 3.41. The van der Waals surface area contributed by atoms with Crippen molar-refractivity contribution in [3.05, 3.63) is 33.4 Å². The van der Waals surface area contributed by atoms with Crippen molar-refractivity contribution in [2.75, 3.05) is 13.2 Å². The predicted molar refractivity (Wildman–Crippen MR) is 77.4 cm³/mol. The number of nitrogens with one attached hydrogen (secondary N) is 1. The second-order valence-corrected chi connectivity index (χ2v) is 5.81. The van der Waals surface area contributed by atoms with Gasteiger partial charge >= 0.3 is 0 Å². The third-order valence-corrected chi connectivity index (χ3v) is 4.10. The van der Waals surface area contributed by atoms with Crippen molar-refractivity contribution in [1.29, 1.82) is 0 Å². The van der Waals surface area contributed by atoms with Gasteiger partial charge in [0.05, 0.1) is 0 Å². The number of benzene rings is 1. The minimum atomic E-state index is 0.259. The lowest BCUT2D eigenvalue weighted by Gasteiger charge is -2.26. The van der Waals surface area contributed by atoms with E-state index in [2.05, 4.69) is 52.3 Å². The molecule has 1 aliphatic rings. The van der Waals surface area contributed by atoms with Crippen molar-refractivity contribution in [2.45, 2.75) is 25.3 Å². The molecule has 3 nitrogen and oxygen atoms in total. The van der Waals surface area contributed by atoms with Crippen LogP contribution in [-0.4, -0.2) is 13.2 Å². The summed E-state index contributed by atoms with van der Waals surface area (Å²) in [6, 6.07) is 8.83. The van der Waals surface area contributed by atoms with Crippen molar-refractivity contribution in [1.82, 2.24) is 5.43 Å². The summed E-state index contributed by atoms with van der Waals surface area (Å²) in [5, 5.41) is 0. The lowest BCUT2D eigenvalue weighted by atomic mass is 9.90. The van der Waals surface area contributed by atoms with E-state index in [4.69, 9.17) is 10.6 Å². The molecule has 1 aliphatic heterocycles. The second kappa shape index (κ2) is 6.68. The standard InChI is InChI=1S/C13H19IN2O/c14-12-3-1-11(2-4-12)13(16-15)9-10-5-7-17-8-6-10/h1-4,10,13,16H,5-9,15H2. The summed E-state index contributed by atoms with van der Waals surface area (Å²) in [4.78, 5) is 0. The molecular formula is C13H19IN2O. The van der Waals surface area contributed by atoms with E-state index >= 15 is 0 Å². The number of hydrogen-bond donors (Lipinski definition) is 2. The van der Waals surface area contributed by atoms with Crippen LogP contribution in [0.3, 0.4) is 0 Å². The first-order valence-electron chi connectivity index (χ1n) is 6.09.